The number of benzodiazepines with no additional fused rings is 1. The lowest BCUT2D eigenvalue weighted by Gasteiger charge is -2.25. The SMILES string of the molecule is CN1C(=O)C(N2C(=O)c3ccccc3C2=O)N=Cc2ccccc21. The van der Waals surface area contributed by atoms with Crippen LogP contribution in [0.5, 0.6) is 0 Å². The molecule has 0 saturated heterocycles. The third-order valence-corrected chi connectivity index (χ3v) is 4.27. The van der Waals surface area contributed by atoms with Gasteiger partial charge < -0.3 is 4.90 Å². The van der Waals surface area contributed by atoms with Crippen molar-refractivity contribution in [2.75, 3.05) is 11.9 Å². The minimum Gasteiger partial charge on any atom is -0.311 e. The number of benzene rings is 2. The molecule has 0 bridgehead atoms. The second-order valence-electron chi connectivity index (χ2n) is 5.63. The van der Waals surface area contributed by atoms with Crippen molar-refractivity contribution in [3.05, 3.63) is 65.2 Å². The van der Waals surface area contributed by atoms with Crippen molar-refractivity contribution < 1.29 is 14.4 Å². The van der Waals surface area contributed by atoms with Gasteiger partial charge in [0.15, 0.2) is 0 Å². The Bertz CT molecular complexity index is 884. The van der Waals surface area contributed by atoms with Crippen LogP contribution in [0.15, 0.2) is 53.5 Å². The summed E-state index contributed by atoms with van der Waals surface area (Å²) in [5.74, 6) is -1.42. The second-order valence-corrected chi connectivity index (χ2v) is 5.63. The standard InChI is InChI=1S/C18H13N3O3/c1-20-14-9-5-2-6-11(14)10-19-15(18(20)24)21-16(22)12-7-3-4-8-13(12)17(21)23/h2-10,15H,1H3. The number of anilines is 1. The molecule has 2 aliphatic rings. The summed E-state index contributed by atoms with van der Waals surface area (Å²) in [7, 11) is 1.61. The summed E-state index contributed by atoms with van der Waals surface area (Å²) in [5, 5.41) is 0. The number of nitrogens with zero attached hydrogens (tertiary/aromatic N) is 3. The maximum absolute atomic E-state index is 12.8. The summed E-state index contributed by atoms with van der Waals surface area (Å²) in [6.45, 7) is 0. The van der Waals surface area contributed by atoms with Gasteiger partial charge in [-0.3, -0.25) is 19.4 Å². The molecule has 0 aromatic heterocycles. The van der Waals surface area contributed by atoms with Gasteiger partial charge in [-0.2, -0.15) is 0 Å². The fourth-order valence-electron chi connectivity index (χ4n) is 3.02. The molecule has 0 N–H and O–H groups in total. The first-order chi connectivity index (χ1) is 11.6. The molecule has 24 heavy (non-hydrogen) atoms. The van der Waals surface area contributed by atoms with Crippen LogP contribution in [0.4, 0.5) is 5.69 Å². The van der Waals surface area contributed by atoms with E-state index in [1.807, 2.05) is 18.2 Å². The molecule has 2 heterocycles. The average molecular weight is 319 g/mol. The zero-order valence-electron chi connectivity index (χ0n) is 12.8. The molecule has 6 heteroatoms. The molecule has 0 radical (unpaired) electrons. The third-order valence-electron chi connectivity index (χ3n) is 4.27. The van der Waals surface area contributed by atoms with Gasteiger partial charge in [-0.05, 0) is 18.2 Å². The smallest absolute Gasteiger partial charge is 0.272 e. The highest BCUT2D eigenvalue weighted by Gasteiger charge is 2.44. The molecule has 6 nitrogen and oxygen atoms in total. The highest BCUT2D eigenvalue weighted by molar-refractivity contribution is 6.23. The van der Waals surface area contributed by atoms with Crippen molar-refractivity contribution in [2.45, 2.75) is 6.17 Å². The molecule has 0 fully saturated rings. The highest BCUT2D eigenvalue weighted by Crippen LogP contribution is 2.28. The number of imide groups is 1. The lowest BCUT2D eigenvalue weighted by Crippen LogP contribution is -2.48. The maximum atomic E-state index is 12.8. The van der Waals surface area contributed by atoms with Crippen LogP contribution >= 0.6 is 0 Å². The van der Waals surface area contributed by atoms with Gasteiger partial charge in [0.05, 0.1) is 16.8 Å². The van der Waals surface area contributed by atoms with Gasteiger partial charge in [-0.25, -0.2) is 4.90 Å². The van der Waals surface area contributed by atoms with E-state index in [4.69, 9.17) is 0 Å². The second kappa shape index (κ2) is 5.13. The van der Waals surface area contributed by atoms with Crippen LogP contribution in [0.2, 0.25) is 0 Å². The molecule has 4 rings (SSSR count). The summed E-state index contributed by atoms with van der Waals surface area (Å²) < 4.78 is 0. The predicted molar refractivity (Wildman–Crippen MR) is 88.2 cm³/mol. The van der Waals surface area contributed by atoms with E-state index in [1.54, 1.807) is 37.4 Å². The van der Waals surface area contributed by atoms with Crippen molar-refractivity contribution in [1.29, 1.82) is 0 Å². The molecule has 0 saturated carbocycles. The normalized spacial score (nSPS) is 19.4. The Morgan fingerprint density at radius 1 is 0.875 bits per heavy atom. The lowest BCUT2D eigenvalue weighted by atomic mass is 10.1. The van der Waals surface area contributed by atoms with E-state index in [-0.39, 0.29) is 0 Å². The van der Waals surface area contributed by atoms with Crippen LogP contribution in [0, 0.1) is 0 Å². The number of hydrogen-bond donors (Lipinski definition) is 0. The van der Waals surface area contributed by atoms with Crippen LogP contribution in [-0.4, -0.2) is 42.0 Å². The molecule has 118 valence electrons. The Labute approximate surface area is 138 Å². The number of likely N-dealkylation sites (N-methyl/N-ethyl adjacent to an activating group) is 1. The molecular weight excluding hydrogens is 306 g/mol. The topological polar surface area (TPSA) is 70.1 Å². The van der Waals surface area contributed by atoms with Gasteiger partial charge in [-0.15, -0.1) is 0 Å². The maximum Gasteiger partial charge on any atom is 0.272 e. The van der Waals surface area contributed by atoms with Crippen LogP contribution in [0.25, 0.3) is 0 Å². The van der Waals surface area contributed by atoms with E-state index >= 15 is 0 Å². The first kappa shape index (κ1) is 14.3. The Balaban J connectivity index is 1.78. The van der Waals surface area contributed by atoms with Gasteiger partial charge in [0.1, 0.15) is 0 Å². The fraction of sp³-hybridized carbons (Fsp3) is 0.111. The average Bonchev–Trinajstić information content (AvgIpc) is 2.79. The monoisotopic (exact) mass is 319 g/mol. The first-order valence-corrected chi connectivity index (χ1v) is 7.46. The Hall–Kier alpha value is -3.28. The summed E-state index contributed by atoms with van der Waals surface area (Å²) in [6, 6.07) is 13.8. The summed E-state index contributed by atoms with van der Waals surface area (Å²) in [6.07, 6.45) is 0.333. The van der Waals surface area contributed by atoms with Gasteiger partial charge in [0.25, 0.3) is 17.7 Å². The van der Waals surface area contributed by atoms with Gasteiger partial charge in [-0.1, -0.05) is 30.3 Å². The van der Waals surface area contributed by atoms with Crippen molar-refractivity contribution in [1.82, 2.24) is 4.90 Å². The summed E-state index contributed by atoms with van der Waals surface area (Å²) in [4.78, 5) is 44.6. The first-order valence-electron chi connectivity index (χ1n) is 7.46. The Kier molecular flexibility index (Phi) is 3.06. The van der Waals surface area contributed by atoms with E-state index in [9.17, 15) is 14.4 Å². The molecule has 2 aromatic carbocycles. The van der Waals surface area contributed by atoms with Crippen LogP contribution in [-0.2, 0) is 4.79 Å². The third kappa shape index (κ3) is 1.89. The van der Waals surface area contributed by atoms with Crippen LogP contribution in [0.3, 0.4) is 0 Å². The molecule has 3 amide bonds. The largest absolute Gasteiger partial charge is 0.311 e. The van der Waals surface area contributed by atoms with E-state index in [0.29, 0.717) is 16.8 Å². The van der Waals surface area contributed by atoms with Crippen molar-refractivity contribution in [3.63, 3.8) is 0 Å². The zero-order chi connectivity index (χ0) is 16.8. The van der Waals surface area contributed by atoms with Crippen LogP contribution in [0.1, 0.15) is 26.3 Å². The van der Waals surface area contributed by atoms with Gasteiger partial charge in [0.2, 0.25) is 6.17 Å². The number of carbonyl (C=O) groups excluding carboxylic acids is 3. The molecule has 2 aromatic rings. The number of aliphatic imine (C=N–C) groups is 1. The molecule has 0 aliphatic carbocycles. The molecule has 2 aliphatic heterocycles. The van der Waals surface area contributed by atoms with Crippen molar-refractivity contribution >= 4 is 29.6 Å². The van der Waals surface area contributed by atoms with E-state index < -0.39 is 23.9 Å². The number of para-hydroxylation sites is 1. The van der Waals surface area contributed by atoms with Gasteiger partial charge in [0, 0.05) is 18.8 Å². The van der Waals surface area contributed by atoms with E-state index in [2.05, 4.69) is 4.99 Å². The lowest BCUT2D eigenvalue weighted by molar-refractivity contribution is -0.121. The molecule has 1 atom stereocenters. The van der Waals surface area contributed by atoms with E-state index in [1.165, 1.54) is 11.1 Å². The van der Waals surface area contributed by atoms with Crippen molar-refractivity contribution in [3.8, 4) is 0 Å². The molecule has 0 spiro atoms. The summed E-state index contributed by atoms with van der Waals surface area (Å²) >= 11 is 0. The van der Waals surface area contributed by atoms with Gasteiger partial charge >= 0.3 is 0 Å². The zero-order valence-corrected chi connectivity index (χ0v) is 12.8. The molecular formula is C18H13N3O3. The number of carbonyl (C=O) groups is 3. The number of amides is 3. The number of rotatable bonds is 1. The fourth-order valence-corrected chi connectivity index (χ4v) is 3.02. The number of fused-ring (bicyclic) bond motifs is 2. The molecule has 1 unspecified atom stereocenters. The minimum absolute atomic E-state index is 0.301. The van der Waals surface area contributed by atoms with Crippen LogP contribution < -0.4 is 4.90 Å². The number of hydrogen-bond acceptors (Lipinski definition) is 4. The van der Waals surface area contributed by atoms with Crippen molar-refractivity contribution in [2.24, 2.45) is 4.99 Å². The van der Waals surface area contributed by atoms with E-state index in [0.717, 1.165) is 10.5 Å². The quantitative estimate of drug-likeness (QED) is 0.751. The highest BCUT2D eigenvalue weighted by atomic mass is 16.2. The Morgan fingerprint density at radius 2 is 1.46 bits per heavy atom. The predicted octanol–water partition coefficient (Wildman–Crippen LogP) is 1.70. The summed E-state index contributed by atoms with van der Waals surface area (Å²) in [5.41, 5.74) is 2.04. The minimum atomic E-state index is -1.20. The Morgan fingerprint density at radius 3 is 2.12 bits per heavy atom.